The van der Waals surface area contributed by atoms with Crippen molar-refractivity contribution in [2.45, 2.75) is 26.7 Å². The fraction of sp³-hybridized carbons (Fsp3) is 0.273. The van der Waals surface area contributed by atoms with Crippen LogP contribution < -0.4 is 0 Å². The molecule has 0 unspecified atom stereocenters. The average molecular weight is 384 g/mol. The van der Waals surface area contributed by atoms with Gasteiger partial charge in [-0.15, -0.1) is 0 Å². The number of hydrogen-bond donors (Lipinski definition) is 1. The lowest BCUT2D eigenvalue weighted by atomic mass is 10.0. The highest BCUT2D eigenvalue weighted by atomic mass is 19.1. The normalized spacial score (nSPS) is 11.0. The van der Waals surface area contributed by atoms with Crippen LogP contribution in [0.15, 0.2) is 42.5 Å². The maximum absolute atomic E-state index is 13.9. The van der Waals surface area contributed by atoms with Gasteiger partial charge in [0, 0.05) is 24.0 Å². The van der Waals surface area contributed by atoms with E-state index in [1.165, 1.54) is 47.4 Å². The molecule has 0 atom stereocenters. The van der Waals surface area contributed by atoms with E-state index < -0.39 is 23.3 Å². The highest BCUT2D eigenvalue weighted by Crippen LogP contribution is 2.32. The predicted molar refractivity (Wildman–Crippen MR) is 105 cm³/mol. The molecule has 6 heteroatoms. The Hall–Kier alpha value is -3.02. The molecule has 3 aromatic rings. The number of fused-ring (bicyclic) bond motifs is 1. The van der Waals surface area contributed by atoms with E-state index in [9.17, 15) is 18.4 Å². The van der Waals surface area contributed by atoms with Gasteiger partial charge in [0.25, 0.3) is 11.7 Å². The maximum atomic E-state index is 13.9. The molecule has 146 valence electrons. The van der Waals surface area contributed by atoms with E-state index in [1.54, 1.807) is 0 Å². The molecule has 0 bridgehead atoms. The number of nitrogens with zero attached hydrogens (tertiary/aromatic N) is 1. The molecule has 0 radical (unpaired) electrons. The Morgan fingerprint density at radius 2 is 1.54 bits per heavy atom. The lowest BCUT2D eigenvalue weighted by Gasteiger charge is -2.20. The van der Waals surface area contributed by atoms with Crippen LogP contribution in [0.5, 0.6) is 0 Å². The molecule has 4 nitrogen and oxygen atoms in total. The number of Topliss-reactive ketones (excluding diaryl/α,β-unsaturated/α-hetero) is 1. The van der Waals surface area contributed by atoms with Crippen LogP contribution in [0.25, 0.3) is 22.2 Å². The van der Waals surface area contributed by atoms with Gasteiger partial charge in [-0.1, -0.05) is 13.8 Å². The summed E-state index contributed by atoms with van der Waals surface area (Å²) in [7, 11) is 0. The highest BCUT2D eigenvalue weighted by Gasteiger charge is 2.28. The summed E-state index contributed by atoms with van der Waals surface area (Å²) in [5.74, 6) is -2.22. The van der Waals surface area contributed by atoms with Crippen molar-refractivity contribution in [3.05, 3.63) is 59.7 Å². The third kappa shape index (κ3) is 3.81. The predicted octanol–water partition coefficient (Wildman–Crippen LogP) is 4.94. The zero-order valence-electron chi connectivity index (χ0n) is 15.9. The third-order valence-corrected chi connectivity index (χ3v) is 4.59. The van der Waals surface area contributed by atoms with Gasteiger partial charge in [0.15, 0.2) is 0 Å². The average Bonchev–Trinajstić information content (AvgIpc) is 3.05. The van der Waals surface area contributed by atoms with Gasteiger partial charge in [0.05, 0.1) is 11.3 Å². The van der Waals surface area contributed by atoms with E-state index in [1.807, 2.05) is 13.8 Å². The fourth-order valence-corrected chi connectivity index (χ4v) is 3.34. The first-order chi connectivity index (χ1) is 13.5. The van der Waals surface area contributed by atoms with Crippen LogP contribution in [0.4, 0.5) is 8.78 Å². The first-order valence-corrected chi connectivity index (χ1v) is 9.37. The fourth-order valence-electron chi connectivity index (χ4n) is 3.34. The van der Waals surface area contributed by atoms with Crippen molar-refractivity contribution < 1.29 is 18.4 Å². The summed E-state index contributed by atoms with van der Waals surface area (Å²) in [6.07, 6.45) is 1.46. The molecular weight excluding hydrogens is 362 g/mol. The van der Waals surface area contributed by atoms with Crippen LogP contribution in [0.3, 0.4) is 0 Å². The van der Waals surface area contributed by atoms with Crippen LogP contribution in [0, 0.1) is 11.6 Å². The van der Waals surface area contributed by atoms with Crippen LogP contribution in [0.1, 0.15) is 37.0 Å². The zero-order valence-corrected chi connectivity index (χ0v) is 15.9. The summed E-state index contributed by atoms with van der Waals surface area (Å²) in [4.78, 5) is 30.7. The van der Waals surface area contributed by atoms with Crippen molar-refractivity contribution in [1.29, 1.82) is 0 Å². The largest absolute Gasteiger partial charge is 0.354 e. The Morgan fingerprint density at radius 3 is 2.14 bits per heavy atom. The Bertz CT molecular complexity index is 1000. The van der Waals surface area contributed by atoms with Gasteiger partial charge >= 0.3 is 0 Å². The number of halogens is 2. The maximum Gasteiger partial charge on any atom is 0.295 e. The molecule has 2 aromatic carbocycles. The van der Waals surface area contributed by atoms with Crippen molar-refractivity contribution in [2.75, 3.05) is 13.1 Å². The number of amides is 1. The van der Waals surface area contributed by atoms with Crippen LogP contribution in [-0.4, -0.2) is 34.7 Å². The SMILES string of the molecule is CCCN(CCC)C(=O)C(=O)c1c(-c2ccc(F)cc2)[nH]c2ccc(F)cc12. The van der Waals surface area contributed by atoms with E-state index in [4.69, 9.17) is 0 Å². The molecule has 0 aliphatic carbocycles. The summed E-state index contributed by atoms with van der Waals surface area (Å²) in [6.45, 7) is 4.82. The number of benzene rings is 2. The topological polar surface area (TPSA) is 53.2 Å². The summed E-state index contributed by atoms with van der Waals surface area (Å²) in [5.41, 5.74) is 1.58. The molecule has 28 heavy (non-hydrogen) atoms. The third-order valence-electron chi connectivity index (χ3n) is 4.59. The zero-order chi connectivity index (χ0) is 20.3. The second-order valence-corrected chi connectivity index (χ2v) is 6.69. The molecule has 0 aliphatic rings. The number of hydrogen-bond acceptors (Lipinski definition) is 2. The molecule has 1 heterocycles. The molecule has 3 rings (SSSR count). The first kappa shape index (κ1) is 19.7. The monoisotopic (exact) mass is 384 g/mol. The minimum absolute atomic E-state index is 0.114. The molecule has 0 spiro atoms. The van der Waals surface area contributed by atoms with Crippen molar-refractivity contribution in [3.63, 3.8) is 0 Å². The second-order valence-electron chi connectivity index (χ2n) is 6.69. The number of aromatic amines is 1. The molecule has 0 fully saturated rings. The summed E-state index contributed by atoms with van der Waals surface area (Å²) in [5, 5.41) is 0.339. The van der Waals surface area contributed by atoms with Crippen molar-refractivity contribution in [3.8, 4) is 11.3 Å². The molecular formula is C22H22F2N2O2. The minimum atomic E-state index is -0.696. The molecule has 1 amide bonds. The molecule has 1 N–H and O–H groups in total. The van der Waals surface area contributed by atoms with Crippen LogP contribution >= 0.6 is 0 Å². The number of aromatic nitrogens is 1. The van der Waals surface area contributed by atoms with Gasteiger partial charge in [-0.25, -0.2) is 8.78 Å². The van der Waals surface area contributed by atoms with Gasteiger partial charge in [-0.3, -0.25) is 9.59 Å². The quantitative estimate of drug-likeness (QED) is 0.463. The smallest absolute Gasteiger partial charge is 0.295 e. The Balaban J connectivity index is 2.15. The Morgan fingerprint density at radius 1 is 0.929 bits per heavy atom. The van der Waals surface area contributed by atoms with E-state index in [0.717, 1.165) is 12.8 Å². The number of carbonyl (C=O) groups excluding carboxylic acids is 2. The molecule has 0 saturated carbocycles. The summed E-state index contributed by atoms with van der Waals surface area (Å²) in [6, 6.07) is 9.64. The van der Waals surface area contributed by atoms with E-state index in [-0.39, 0.29) is 5.56 Å². The number of nitrogens with one attached hydrogen (secondary N) is 1. The van der Waals surface area contributed by atoms with Crippen LogP contribution in [-0.2, 0) is 4.79 Å². The van der Waals surface area contributed by atoms with Gasteiger partial charge in [0.2, 0.25) is 0 Å². The number of carbonyl (C=O) groups is 2. The number of rotatable bonds is 7. The van der Waals surface area contributed by atoms with Gasteiger partial charge in [0.1, 0.15) is 11.6 Å². The number of H-pyrrole nitrogens is 1. The van der Waals surface area contributed by atoms with Crippen molar-refractivity contribution >= 4 is 22.6 Å². The van der Waals surface area contributed by atoms with Gasteiger partial charge in [-0.2, -0.15) is 0 Å². The standard InChI is InChI=1S/C22H22F2N2O2/c1-3-11-26(12-4-2)22(28)21(27)19-17-13-16(24)9-10-18(17)25-20(19)14-5-7-15(23)8-6-14/h5-10,13,25H,3-4,11-12H2,1-2H3. The Kier molecular flexibility index (Phi) is 5.87. The van der Waals surface area contributed by atoms with E-state index in [2.05, 4.69) is 4.98 Å². The van der Waals surface area contributed by atoms with Gasteiger partial charge < -0.3 is 9.88 Å². The van der Waals surface area contributed by atoms with E-state index in [0.29, 0.717) is 35.2 Å². The minimum Gasteiger partial charge on any atom is -0.354 e. The molecule has 0 saturated heterocycles. The number of ketones is 1. The summed E-state index contributed by atoms with van der Waals surface area (Å²) < 4.78 is 27.2. The first-order valence-electron chi connectivity index (χ1n) is 9.37. The van der Waals surface area contributed by atoms with E-state index >= 15 is 0 Å². The second kappa shape index (κ2) is 8.33. The summed E-state index contributed by atoms with van der Waals surface area (Å²) >= 11 is 0. The van der Waals surface area contributed by atoms with Crippen LogP contribution in [0.2, 0.25) is 0 Å². The lowest BCUT2D eigenvalue weighted by molar-refractivity contribution is -0.126. The Labute approximate surface area is 162 Å². The highest BCUT2D eigenvalue weighted by molar-refractivity contribution is 6.46. The lowest BCUT2D eigenvalue weighted by Crippen LogP contribution is -2.37. The van der Waals surface area contributed by atoms with Gasteiger partial charge in [-0.05, 0) is 60.9 Å². The molecule has 1 aromatic heterocycles. The van der Waals surface area contributed by atoms with Crippen molar-refractivity contribution in [1.82, 2.24) is 9.88 Å². The van der Waals surface area contributed by atoms with Crippen molar-refractivity contribution in [2.24, 2.45) is 0 Å². The molecule has 0 aliphatic heterocycles.